The van der Waals surface area contributed by atoms with Gasteiger partial charge in [-0.3, -0.25) is 4.79 Å². The third-order valence-electron chi connectivity index (χ3n) is 3.66. The van der Waals surface area contributed by atoms with Crippen molar-refractivity contribution in [2.24, 2.45) is 0 Å². The number of hydrogen-bond donors (Lipinski definition) is 1. The molecular weight excluding hydrogens is 334 g/mol. The first kappa shape index (κ1) is 15.6. The number of amides is 1. The standard InChI is InChI=1S/C17H13N7O2/c1-26-16-8-14(18-9-19-16)17(25)21-12-4-2-3-11(7-12)13-5-6-15-22-20-10-24(15)23-13/h2-10H,1H3,(H,21,25). The summed E-state index contributed by atoms with van der Waals surface area (Å²) >= 11 is 0. The van der Waals surface area contributed by atoms with Crippen LogP contribution in [0.4, 0.5) is 5.69 Å². The topological polar surface area (TPSA) is 107 Å². The molecule has 0 spiro atoms. The van der Waals surface area contributed by atoms with Crippen LogP contribution in [-0.4, -0.2) is 42.8 Å². The number of rotatable bonds is 4. The number of benzene rings is 1. The molecule has 0 fully saturated rings. The molecule has 1 N–H and O–H groups in total. The lowest BCUT2D eigenvalue weighted by Crippen LogP contribution is -2.14. The Kier molecular flexibility index (Phi) is 3.94. The molecule has 1 amide bonds. The first-order chi connectivity index (χ1) is 12.7. The van der Waals surface area contributed by atoms with Gasteiger partial charge in [0, 0.05) is 17.3 Å². The zero-order chi connectivity index (χ0) is 17.9. The number of ether oxygens (including phenoxy) is 1. The molecule has 9 nitrogen and oxygen atoms in total. The maximum atomic E-state index is 12.4. The number of fused-ring (bicyclic) bond motifs is 1. The highest BCUT2D eigenvalue weighted by Gasteiger charge is 2.10. The van der Waals surface area contributed by atoms with Crippen molar-refractivity contribution < 1.29 is 9.53 Å². The van der Waals surface area contributed by atoms with Crippen molar-refractivity contribution in [2.45, 2.75) is 0 Å². The van der Waals surface area contributed by atoms with Crippen LogP contribution in [0.5, 0.6) is 5.88 Å². The molecule has 0 bridgehead atoms. The van der Waals surface area contributed by atoms with Crippen LogP contribution in [0.3, 0.4) is 0 Å². The van der Waals surface area contributed by atoms with Crippen molar-refractivity contribution in [1.82, 2.24) is 29.8 Å². The number of anilines is 1. The average molecular weight is 347 g/mol. The Morgan fingerprint density at radius 1 is 1.15 bits per heavy atom. The van der Waals surface area contributed by atoms with E-state index in [1.165, 1.54) is 25.8 Å². The second kappa shape index (κ2) is 6.55. The second-order valence-electron chi connectivity index (χ2n) is 5.33. The molecule has 0 saturated carbocycles. The number of carbonyl (C=O) groups is 1. The van der Waals surface area contributed by atoms with Gasteiger partial charge in [0.1, 0.15) is 18.3 Å². The van der Waals surface area contributed by atoms with E-state index in [0.717, 1.165) is 11.3 Å². The fourth-order valence-corrected chi connectivity index (χ4v) is 2.41. The van der Waals surface area contributed by atoms with E-state index in [-0.39, 0.29) is 11.6 Å². The van der Waals surface area contributed by atoms with Crippen LogP contribution >= 0.6 is 0 Å². The van der Waals surface area contributed by atoms with E-state index in [0.29, 0.717) is 17.2 Å². The second-order valence-corrected chi connectivity index (χ2v) is 5.33. The maximum absolute atomic E-state index is 12.4. The highest BCUT2D eigenvalue weighted by atomic mass is 16.5. The summed E-state index contributed by atoms with van der Waals surface area (Å²) < 4.78 is 6.60. The van der Waals surface area contributed by atoms with Crippen molar-refractivity contribution in [3.63, 3.8) is 0 Å². The number of carbonyl (C=O) groups excluding carboxylic acids is 1. The molecule has 26 heavy (non-hydrogen) atoms. The van der Waals surface area contributed by atoms with Gasteiger partial charge in [-0.25, -0.2) is 9.97 Å². The molecule has 4 rings (SSSR count). The first-order valence-corrected chi connectivity index (χ1v) is 7.68. The zero-order valence-electron chi connectivity index (χ0n) is 13.7. The Balaban J connectivity index is 1.59. The summed E-state index contributed by atoms with van der Waals surface area (Å²) in [5, 5.41) is 15.0. The van der Waals surface area contributed by atoms with Gasteiger partial charge >= 0.3 is 0 Å². The summed E-state index contributed by atoms with van der Waals surface area (Å²) in [6.07, 6.45) is 2.81. The first-order valence-electron chi connectivity index (χ1n) is 7.68. The third-order valence-corrected chi connectivity index (χ3v) is 3.66. The number of aromatic nitrogens is 6. The van der Waals surface area contributed by atoms with Crippen LogP contribution in [0, 0.1) is 0 Å². The minimum atomic E-state index is -0.356. The van der Waals surface area contributed by atoms with Gasteiger partial charge in [0.15, 0.2) is 5.65 Å². The van der Waals surface area contributed by atoms with Gasteiger partial charge in [-0.2, -0.15) is 9.61 Å². The predicted octanol–water partition coefficient (Wildman–Crippen LogP) is 1.84. The molecule has 3 aromatic heterocycles. The van der Waals surface area contributed by atoms with Crippen LogP contribution in [0.25, 0.3) is 16.9 Å². The number of hydrogen-bond acceptors (Lipinski definition) is 7. The Hall–Kier alpha value is -3.88. The van der Waals surface area contributed by atoms with Crippen molar-refractivity contribution in [2.75, 3.05) is 12.4 Å². The number of nitrogens with one attached hydrogen (secondary N) is 1. The minimum absolute atomic E-state index is 0.214. The van der Waals surface area contributed by atoms with Crippen LogP contribution in [-0.2, 0) is 0 Å². The SMILES string of the molecule is COc1cc(C(=O)Nc2cccc(-c3ccc4nncn4n3)c2)ncn1. The lowest BCUT2D eigenvalue weighted by Gasteiger charge is -2.07. The van der Waals surface area contributed by atoms with E-state index >= 15 is 0 Å². The van der Waals surface area contributed by atoms with E-state index in [4.69, 9.17) is 4.74 Å². The van der Waals surface area contributed by atoms with E-state index in [1.54, 1.807) is 10.6 Å². The zero-order valence-corrected chi connectivity index (χ0v) is 13.7. The van der Waals surface area contributed by atoms with Gasteiger partial charge in [0.2, 0.25) is 5.88 Å². The highest BCUT2D eigenvalue weighted by Crippen LogP contribution is 2.21. The van der Waals surface area contributed by atoms with Crippen LogP contribution < -0.4 is 10.1 Å². The minimum Gasteiger partial charge on any atom is -0.481 e. The maximum Gasteiger partial charge on any atom is 0.274 e. The molecule has 1 aromatic carbocycles. The Bertz CT molecular complexity index is 1090. The Morgan fingerprint density at radius 3 is 2.96 bits per heavy atom. The molecule has 0 saturated heterocycles. The molecule has 0 aliphatic heterocycles. The van der Waals surface area contributed by atoms with Crippen molar-refractivity contribution in [3.8, 4) is 17.1 Å². The normalized spacial score (nSPS) is 10.7. The molecule has 9 heteroatoms. The molecule has 128 valence electrons. The molecule has 0 atom stereocenters. The monoisotopic (exact) mass is 347 g/mol. The summed E-state index contributed by atoms with van der Waals surface area (Å²) in [6, 6.07) is 12.5. The molecule has 0 aliphatic rings. The fraction of sp³-hybridized carbons (Fsp3) is 0.0588. The summed E-state index contributed by atoms with van der Waals surface area (Å²) in [6.45, 7) is 0. The Morgan fingerprint density at radius 2 is 2.08 bits per heavy atom. The van der Waals surface area contributed by atoms with Crippen molar-refractivity contribution in [3.05, 3.63) is 60.8 Å². The average Bonchev–Trinajstić information content (AvgIpc) is 3.16. The van der Waals surface area contributed by atoms with Crippen LogP contribution in [0.1, 0.15) is 10.5 Å². The lowest BCUT2D eigenvalue weighted by molar-refractivity contribution is 0.102. The fourth-order valence-electron chi connectivity index (χ4n) is 2.41. The van der Waals surface area contributed by atoms with Gasteiger partial charge in [-0.1, -0.05) is 12.1 Å². The smallest absolute Gasteiger partial charge is 0.274 e. The predicted molar refractivity (Wildman–Crippen MR) is 92.8 cm³/mol. The van der Waals surface area contributed by atoms with Gasteiger partial charge in [0.25, 0.3) is 5.91 Å². The van der Waals surface area contributed by atoms with Crippen molar-refractivity contribution in [1.29, 1.82) is 0 Å². The summed E-state index contributed by atoms with van der Waals surface area (Å²) in [7, 11) is 1.48. The molecule has 0 aliphatic carbocycles. The Labute approximate surface area is 147 Å². The summed E-state index contributed by atoms with van der Waals surface area (Å²) in [4.78, 5) is 20.2. The third kappa shape index (κ3) is 3.05. The van der Waals surface area contributed by atoms with E-state index in [2.05, 4.69) is 30.6 Å². The van der Waals surface area contributed by atoms with Gasteiger partial charge in [0.05, 0.1) is 12.8 Å². The number of nitrogens with zero attached hydrogens (tertiary/aromatic N) is 6. The van der Waals surface area contributed by atoms with Crippen molar-refractivity contribution >= 4 is 17.2 Å². The molecule has 0 unspecified atom stereocenters. The molecular formula is C17H13N7O2. The van der Waals surface area contributed by atoms with Gasteiger partial charge in [-0.05, 0) is 24.3 Å². The number of methoxy groups -OCH3 is 1. The largest absolute Gasteiger partial charge is 0.481 e. The van der Waals surface area contributed by atoms with Crippen LogP contribution in [0.2, 0.25) is 0 Å². The summed E-state index contributed by atoms with van der Waals surface area (Å²) in [5.74, 6) is -0.0320. The molecule has 3 heterocycles. The molecule has 4 aromatic rings. The van der Waals surface area contributed by atoms with Gasteiger partial charge in [-0.15, -0.1) is 10.2 Å². The summed E-state index contributed by atoms with van der Waals surface area (Å²) in [5.41, 5.74) is 3.08. The lowest BCUT2D eigenvalue weighted by atomic mass is 10.1. The van der Waals surface area contributed by atoms with E-state index in [9.17, 15) is 4.79 Å². The quantitative estimate of drug-likeness (QED) is 0.600. The van der Waals surface area contributed by atoms with Gasteiger partial charge < -0.3 is 10.1 Å². The van der Waals surface area contributed by atoms with Crippen LogP contribution in [0.15, 0.2) is 55.1 Å². The molecule has 0 radical (unpaired) electrons. The van der Waals surface area contributed by atoms with E-state index < -0.39 is 0 Å². The van der Waals surface area contributed by atoms with E-state index in [1.807, 2.05) is 30.3 Å². The highest BCUT2D eigenvalue weighted by molar-refractivity contribution is 6.03.